The van der Waals surface area contributed by atoms with Crippen LogP contribution in [0.2, 0.25) is 0 Å². The Labute approximate surface area is 180 Å². The highest BCUT2D eigenvalue weighted by molar-refractivity contribution is 5.79. The molecule has 1 amide bonds. The highest BCUT2D eigenvalue weighted by Gasteiger charge is 2.40. The summed E-state index contributed by atoms with van der Waals surface area (Å²) in [5.74, 6) is -0.0564. The van der Waals surface area contributed by atoms with Gasteiger partial charge in [0.2, 0.25) is 5.91 Å². The molecule has 1 aromatic carbocycles. The Balaban J connectivity index is 1.71. The van der Waals surface area contributed by atoms with E-state index in [1.54, 1.807) is 11.6 Å². The van der Waals surface area contributed by atoms with E-state index < -0.39 is 11.2 Å². The molecule has 0 aliphatic heterocycles. The van der Waals surface area contributed by atoms with Gasteiger partial charge in [-0.25, -0.2) is 9.78 Å². The number of rotatable bonds is 5. The summed E-state index contributed by atoms with van der Waals surface area (Å²) in [6.07, 6.45) is 4.61. The molecule has 1 saturated carbocycles. The van der Waals surface area contributed by atoms with Crippen LogP contribution in [-0.2, 0) is 32.0 Å². The topological polar surface area (TPSA) is 82.1 Å². The number of nitrogens with zero attached hydrogens (tertiary/aromatic N) is 5. The molecule has 1 aliphatic carbocycles. The van der Waals surface area contributed by atoms with Gasteiger partial charge in [0.25, 0.3) is 5.56 Å². The summed E-state index contributed by atoms with van der Waals surface area (Å²) < 4.78 is 3.95. The van der Waals surface area contributed by atoms with Crippen LogP contribution in [-0.4, -0.2) is 35.5 Å². The first-order valence-electron chi connectivity index (χ1n) is 10.6. The number of imidazole rings is 1. The average molecular weight is 424 g/mol. The first-order valence-corrected chi connectivity index (χ1v) is 10.6. The molecule has 3 aromatic rings. The van der Waals surface area contributed by atoms with Crippen molar-refractivity contribution >= 4 is 17.1 Å². The van der Waals surface area contributed by atoms with Crippen LogP contribution in [0.3, 0.4) is 0 Å². The molecule has 4 rings (SSSR count). The molecule has 0 unspecified atom stereocenters. The summed E-state index contributed by atoms with van der Waals surface area (Å²) in [7, 11) is 3.01. The van der Waals surface area contributed by atoms with Gasteiger partial charge in [0, 0.05) is 26.7 Å². The zero-order valence-corrected chi connectivity index (χ0v) is 18.5. The van der Waals surface area contributed by atoms with Crippen LogP contribution in [0.15, 0.2) is 46.2 Å². The van der Waals surface area contributed by atoms with Crippen LogP contribution in [0, 0.1) is 5.41 Å². The Hall–Kier alpha value is -3.16. The van der Waals surface area contributed by atoms with Crippen molar-refractivity contribution in [1.29, 1.82) is 0 Å². The van der Waals surface area contributed by atoms with E-state index in [1.807, 2.05) is 35.2 Å². The van der Waals surface area contributed by atoms with Gasteiger partial charge < -0.3 is 9.47 Å². The van der Waals surface area contributed by atoms with E-state index in [-0.39, 0.29) is 35.1 Å². The Bertz CT molecular complexity index is 1240. The Morgan fingerprint density at radius 2 is 1.87 bits per heavy atom. The van der Waals surface area contributed by atoms with Crippen molar-refractivity contribution in [1.82, 2.24) is 23.6 Å². The molecule has 164 valence electrons. The smallest absolute Gasteiger partial charge is 0.332 e. The zero-order valence-electron chi connectivity index (χ0n) is 18.5. The molecular weight excluding hydrogens is 394 g/mol. The summed E-state index contributed by atoms with van der Waals surface area (Å²) in [6, 6.07) is 10.1. The quantitative estimate of drug-likeness (QED) is 0.629. The van der Waals surface area contributed by atoms with Crippen LogP contribution < -0.4 is 11.2 Å². The molecule has 0 spiro atoms. The maximum atomic E-state index is 13.6. The lowest BCUT2D eigenvalue weighted by atomic mass is 9.86. The van der Waals surface area contributed by atoms with Gasteiger partial charge in [0.05, 0.1) is 6.33 Å². The van der Waals surface area contributed by atoms with E-state index in [2.05, 4.69) is 18.8 Å². The van der Waals surface area contributed by atoms with Crippen LogP contribution in [0.1, 0.15) is 38.7 Å². The summed E-state index contributed by atoms with van der Waals surface area (Å²) in [4.78, 5) is 44.7. The fourth-order valence-corrected chi connectivity index (χ4v) is 4.79. The molecule has 0 radical (unpaired) electrons. The number of carbonyl (C=O) groups is 1. The second kappa shape index (κ2) is 7.83. The third-order valence-electron chi connectivity index (χ3n) is 6.62. The zero-order chi connectivity index (χ0) is 22.3. The molecule has 1 fully saturated rings. The van der Waals surface area contributed by atoms with Gasteiger partial charge in [-0.15, -0.1) is 0 Å². The lowest BCUT2D eigenvalue weighted by molar-refractivity contribution is -0.137. The Morgan fingerprint density at radius 3 is 2.52 bits per heavy atom. The molecule has 0 N–H and O–H groups in total. The van der Waals surface area contributed by atoms with Crippen molar-refractivity contribution in [2.24, 2.45) is 19.5 Å². The second-order valence-electron chi connectivity index (χ2n) is 9.15. The highest BCUT2D eigenvalue weighted by atomic mass is 16.2. The molecule has 31 heavy (non-hydrogen) atoms. The van der Waals surface area contributed by atoms with Gasteiger partial charge in [0.15, 0.2) is 11.2 Å². The van der Waals surface area contributed by atoms with Gasteiger partial charge in [0.1, 0.15) is 6.54 Å². The summed E-state index contributed by atoms with van der Waals surface area (Å²) >= 11 is 0. The van der Waals surface area contributed by atoms with Crippen LogP contribution in [0.25, 0.3) is 11.2 Å². The molecule has 2 aromatic heterocycles. The van der Waals surface area contributed by atoms with Gasteiger partial charge in [-0.05, 0) is 23.8 Å². The monoisotopic (exact) mass is 423 g/mol. The molecular formula is C23H29N5O3. The van der Waals surface area contributed by atoms with Gasteiger partial charge in [-0.2, -0.15) is 0 Å². The highest BCUT2D eigenvalue weighted by Crippen LogP contribution is 2.41. The molecule has 1 aliphatic rings. The Morgan fingerprint density at radius 1 is 1.16 bits per heavy atom. The van der Waals surface area contributed by atoms with Crippen molar-refractivity contribution < 1.29 is 4.79 Å². The van der Waals surface area contributed by atoms with Crippen molar-refractivity contribution in [3.8, 4) is 0 Å². The SMILES string of the molecule is Cn1c(=O)c2c(ncn2CC(=O)N(Cc2ccccc2)[C@@H]2CCCC2(C)C)n(C)c1=O. The van der Waals surface area contributed by atoms with Crippen LogP contribution in [0.4, 0.5) is 0 Å². The predicted octanol–water partition coefficient (Wildman–Crippen LogP) is 2.04. The van der Waals surface area contributed by atoms with Gasteiger partial charge in [-0.1, -0.05) is 50.6 Å². The van der Waals surface area contributed by atoms with E-state index in [0.717, 1.165) is 29.4 Å². The minimum Gasteiger partial charge on any atom is -0.333 e. The van der Waals surface area contributed by atoms with Crippen molar-refractivity contribution in [3.05, 3.63) is 63.1 Å². The summed E-state index contributed by atoms with van der Waals surface area (Å²) in [5, 5.41) is 0. The average Bonchev–Trinajstić information content (AvgIpc) is 3.32. The lowest BCUT2D eigenvalue weighted by Crippen LogP contribution is -2.46. The molecule has 0 bridgehead atoms. The number of hydrogen-bond acceptors (Lipinski definition) is 4. The minimum atomic E-state index is -0.445. The van der Waals surface area contributed by atoms with Gasteiger partial charge in [-0.3, -0.25) is 18.7 Å². The third kappa shape index (κ3) is 3.71. The maximum Gasteiger partial charge on any atom is 0.332 e. The van der Waals surface area contributed by atoms with E-state index >= 15 is 0 Å². The molecule has 8 heteroatoms. The van der Waals surface area contributed by atoms with Crippen molar-refractivity contribution in [2.75, 3.05) is 0 Å². The number of benzene rings is 1. The first-order chi connectivity index (χ1) is 14.7. The minimum absolute atomic E-state index is 0.00333. The maximum absolute atomic E-state index is 13.6. The fraction of sp³-hybridized carbons (Fsp3) is 0.478. The predicted molar refractivity (Wildman–Crippen MR) is 119 cm³/mol. The largest absolute Gasteiger partial charge is 0.333 e. The number of fused-ring (bicyclic) bond motifs is 1. The fourth-order valence-electron chi connectivity index (χ4n) is 4.79. The number of carbonyl (C=O) groups excluding carboxylic acids is 1. The number of aryl methyl sites for hydroxylation is 1. The molecule has 0 saturated heterocycles. The third-order valence-corrected chi connectivity index (χ3v) is 6.62. The van der Waals surface area contributed by atoms with E-state index in [4.69, 9.17) is 0 Å². The number of aromatic nitrogens is 4. The summed E-state index contributed by atoms with van der Waals surface area (Å²) in [5.41, 5.74) is 0.778. The van der Waals surface area contributed by atoms with Crippen molar-refractivity contribution in [3.63, 3.8) is 0 Å². The lowest BCUT2D eigenvalue weighted by Gasteiger charge is -2.38. The van der Waals surface area contributed by atoms with E-state index in [1.165, 1.54) is 17.9 Å². The van der Waals surface area contributed by atoms with Gasteiger partial charge >= 0.3 is 5.69 Å². The van der Waals surface area contributed by atoms with Crippen LogP contribution >= 0.6 is 0 Å². The normalized spacial score (nSPS) is 17.9. The molecule has 8 nitrogen and oxygen atoms in total. The number of hydrogen-bond donors (Lipinski definition) is 0. The molecule has 1 atom stereocenters. The standard InChI is InChI=1S/C23H29N5O3/c1-23(2)12-8-11-17(23)28(13-16-9-6-5-7-10-16)18(29)14-27-15-24-20-19(27)21(30)26(4)22(31)25(20)3/h5-7,9-10,15,17H,8,11-14H2,1-4H3/t17-/m1/s1. The Kier molecular flexibility index (Phi) is 5.33. The summed E-state index contributed by atoms with van der Waals surface area (Å²) in [6.45, 7) is 4.96. The number of amides is 1. The van der Waals surface area contributed by atoms with Crippen molar-refractivity contribution in [2.45, 2.75) is 52.2 Å². The van der Waals surface area contributed by atoms with E-state index in [0.29, 0.717) is 6.54 Å². The first kappa shape index (κ1) is 21.1. The molecule has 2 heterocycles. The van der Waals surface area contributed by atoms with E-state index in [9.17, 15) is 14.4 Å². The van der Waals surface area contributed by atoms with Crippen LogP contribution in [0.5, 0.6) is 0 Å². The second-order valence-corrected chi connectivity index (χ2v) is 9.15.